The number of nitrogens with zero attached hydrogens (tertiary/aromatic N) is 4. The second-order valence-electron chi connectivity index (χ2n) is 8.39. The molecule has 1 aromatic carbocycles. The van der Waals surface area contributed by atoms with Gasteiger partial charge in [0.05, 0.1) is 12.2 Å². The van der Waals surface area contributed by atoms with E-state index in [0.717, 1.165) is 18.7 Å². The standard InChI is InChI=1S/C21H26F2N6O/c1-12(2)9-29-5-4-18(17(23)11-29)25-21(30)20-15-6-13(14-8-24-28(3)10-14)7-16(22)19(15)26-27-20/h6-8,10,12,17-18H,4-5,9,11H2,1-3H3,(H,25,30)(H,26,27)/t17-,18-/m0/s1. The topological polar surface area (TPSA) is 78.8 Å². The molecule has 2 atom stereocenters. The first-order chi connectivity index (χ1) is 14.3. The number of carbonyl (C=O) groups is 1. The van der Waals surface area contributed by atoms with E-state index in [-0.39, 0.29) is 11.2 Å². The Morgan fingerprint density at radius 1 is 1.37 bits per heavy atom. The number of hydrogen-bond donors (Lipinski definition) is 2. The number of piperidine rings is 1. The maximum Gasteiger partial charge on any atom is 0.270 e. The van der Waals surface area contributed by atoms with Gasteiger partial charge in [0.2, 0.25) is 0 Å². The number of likely N-dealkylation sites (tertiary alicyclic amines) is 1. The number of fused-ring (bicyclic) bond motifs is 1. The van der Waals surface area contributed by atoms with E-state index in [1.54, 1.807) is 30.2 Å². The van der Waals surface area contributed by atoms with Crippen molar-refractivity contribution in [2.24, 2.45) is 13.0 Å². The zero-order valence-electron chi connectivity index (χ0n) is 17.3. The van der Waals surface area contributed by atoms with E-state index >= 15 is 0 Å². The fraction of sp³-hybridized carbons (Fsp3) is 0.476. The van der Waals surface area contributed by atoms with Gasteiger partial charge >= 0.3 is 0 Å². The molecule has 0 saturated carbocycles. The molecule has 7 nitrogen and oxygen atoms in total. The van der Waals surface area contributed by atoms with Crippen molar-refractivity contribution in [3.63, 3.8) is 0 Å². The van der Waals surface area contributed by atoms with E-state index in [1.807, 2.05) is 0 Å². The fourth-order valence-electron chi connectivity index (χ4n) is 4.04. The maximum absolute atomic E-state index is 14.7. The molecule has 3 aromatic rings. The predicted octanol–water partition coefficient (Wildman–Crippen LogP) is 2.90. The Morgan fingerprint density at radius 2 is 2.17 bits per heavy atom. The molecule has 0 bridgehead atoms. The minimum atomic E-state index is -1.15. The van der Waals surface area contributed by atoms with E-state index in [9.17, 15) is 13.6 Å². The highest BCUT2D eigenvalue weighted by atomic mass is 19.1. The van der Waals surface area contributed by atoms with Gasteiger partial charge in [-0.15, -0.1) is 0 Å². The summed E-state index contributed by atoms with van der Waals surface area (Å²) in [6.07, 6.45) is 2.76. The monoisotopic (exact) mass is 416 g/mol. The molecule has 0 spiro atoms. The normalized spacial score (nSPS) is 20.2. The molecule has 160 valence electrons. The van der Waals surface area contributed by atoms with Gasteiger partial charge in [-0.25, -0.2) is 8.78 Å². The fourth-order valence-corrected chi connectivity index (χ4v) is 4.04. The molecule has 30 heavy (non-hydrogen) atoms. The zero-order chi connectivity index (χ0) is 21.4. The second kappa shape index (κ2) is 8.14. The summed E-state index contributed by atoms with van der Waals surface area (Å²) < 4.78 is 30.9. The van der Waals surface area contributed by atoms with Gasteiger partial charge < -0.3 is 10.2 Å². The van der Waals surface area contributed by atoms with Gasteiger partial charge in [0.25, 0.3) is 5.91 Å². The number of rotatable bonds is 5. The molecule has 2 aromatic heterocycles. The molecule has 0 radical (unpaired) electrons. The molecule has 4 rings (SSSR count). The van der Waals surface area contributed by atoms with Gasteiger partial charge in [0.1, 0.15) is 17.4 Å². The molecule has 0 unspecified atom stereocenters. The molecule has 0 aliphatic carbocycles. The van der Waals surface area contributed by atoms with Crippen LogP contribution < -0.4 is 5.32 Å². The van der Waals surface area contributed by atoms with Crippen LogP contribution in [0.4, 0.5) is 8.78 Å². The van der Waals surface area contributed by atoms with Crippen molar-refractivity contribution >= 4 is 16.8 Å². The molecule has 1 aliphatic rings. The summed E-state index contributed by atoms with van der Waals surface area (Å²) in [6.45, 7) is 6.06. The first kappa shape index (κ1) is 20.5. The summed E-state index contributed by atoms with van der Waals surface area (Å²) in [6, 6.07) is 2.49. The number of benzene rings is 1. The Labute approximate surface area is 173 Å². The third-order valence-corrected chi connectivity index (χ3v) is 5.44. The minimum absolute atomic E-state index is 0.0799. The molecule has 1 aliphatic heterocycles. The summed E-state index contributed by atoms with van der Waals surface area (Å²) >= 11 is 0. The number of nitrogens with one attached hydrogen (secondary N) is 2. The van der Waals surface area contributed by atoms with E-state index in [0.29, 0.717) is 29.8 Å². The first-order valence-electron chi connectivity index (χ1n) is 10.2. The summed E-state index contributed by atoms with van der Waals surface area (Å²) in [4.78, 5) is 14.9. The molecular weight excluding hydrogens is 390 g/mol. The predicted molar refractivity (Wildman–Crippen MR) is 110 cm³/mol. The van der Waals surface area contributed by atoms with Crippen LogP contribution in [0.3, 0.4) is 0 Å². The lowest BCUT2D eigenvalue weighted by Crippen LogP contribution is -2.53. The number of aromatic amines is 1. The highest BCUT2D eigenvalue weighted by Crippen LogP contribution is 2.28. The third-order valence-electron chi connectivity index (χ3n) is 5.44. The molecule has 3 heterocycles. The Bertz CT molecular complexity index is 1060. The highest BCUT2D eigenvalue weighted by Gasteiger charge is 2.31. The number of aryl methyl sites for hydroxylation is 1. The zero-order valence-corrected chi connectivity index (χ0v) is 17.3. The van der Waals surface area contributed by atoms with Gasteiger partial charge in [-0.05, 0) is 30.0 Å². The van der Waals surface area contributed by atoms with Crippen molar-refractivity contribution in [1.29, 1.82) is 0 Å². The number of aromatic nitrogens is 4. The van der Waals surface area contributed by atoms with Gasteiger partial charge in [0, 0.05) is 43.8 Å². The Kier molecular flexibility index (Phi) is 5.55. The van der Waals surface area contributed by atoms with Crippen molar-refractivity contribution in [2.45, 2.75) is 32.5 Å². The van der Waals surface area contributed by atoms with Crippen molar-refractivity contribution in [1.82, 2.24) is 30.2 Å². The Balaban J connectivity index is 1.54. The number of halogens is 2. The quantitative estimate of drug-likeness (QED) is 0.670. The molecule has 1 fully saturated rings. The van der Waals surface area contributed by atoms with Crippen LogP contribution in [0, 0.1) is 11.7 Å². The van der Waals surface area contributed by atoms with Crippen molar-refractivity contribution in [3.05, 3.63) is 36.0 Å². The van der Waals surface area contributed by atoms with Crippen LogP contribution in [0.1, 0.15) is 30.8 Å². The van der Waals surface area contributed by atoms with Crippen LogP contribution in [-0.2, 0) is 7.05 Å². The van der Waals surface area contributed by atoms with Crippen LogP contribution in [0.15, 0.2) is 24.5 Å². The summed E-state index contributed by atoms with van der Waals surface area (Å²) in [5.41, 5.74) is 1.53. The van der Waals surface area contributed by atoms with Crippen LogP contribution in [0.2, 0.25) is 0 Å². The smallest absolute Gasteiger partial charge is 0.270 e. The largest absolute Gasteiger partial charge is 0.345 e. The van der Waals surface area contributed by atoms with Crippen molar-refractivity contribution in [2.75, 3.05) is 19.6 Å². The van der Waals surface area contributed by atoms with Gasteiger partial charge in [-0.2, -0.15) is 10.2 Å². The molecule has 1 amide bonds. The lowest BCUT2D eigenvalue weighted by molar-refractivity contribution is 0.0748. The second-order valence-corrected chi connectivity index (χ2v) is 8.39. The minimum Gasteiger partial charge on any atom is -0.345 e. The highest BCUT2D eigenvalue weighted by molar-refractivity contribution is 6.05. The van der Waals surface area contributed by atoms with Crippen LogP contribution in [-0.4, -0.2) is 62.6 Å². The third kappa shape index (κ3) is 4.07. The summed E-state index contributed by atoms with van der Waals surface area (Å²) in [5.74, 6) is -0.555. The van der Waals surface area contributed by atoms with Gasteiger partial charge in [-0.1, -0.05) is 13.8 Å². The lowest BCUT2D eigenvalue weighted by Gasteiger charge is -2.35. The van der Waals surface area contributed by atoms with Crippen molar-refractivity contribution in [3.8, 4) is 11.1 Å². The molecular formula is C21H26F2N6O. The lowest BCUT2D eigenvalue weighted by atomic mass is 10.0. The average molecular weight is 416 g/mol. The van der Waals surface area contributed by atoms with Crippen molar-refractivity contribution < 1.29 is 13.6 Å². The molecule has 2 N–H and O–H groups in total. The van der Waals surface area contributed by atoms with Crippen LogP contribution in [0.5, 0.6) is 0 Å². The van der Waals surface area contributed by atoms with E-state index in [4.69, 9.17) is 0 Å². The maximum atomic E-state index is 14.7. The SMILES string of the molecule is CC(C)CN1CC[C@H](NC(=O)c2[nH]nc3c(F)cc(-c4cnn(C)c4)cc23)[C@@H](F)C1. The average Bonchev–Trinajstić information content (AvgIpc) is 3.30. The van der Waals surface area contributed by atoms with E-state index in [1.165, 1.54) is 6.07 Å². The van der Waals surface area contributed by atoms with Gasteiger partial charge in [-0.3, -0.25) is 14.6 Å². The first-order valence-corrected chi connectivity index (χ1v) is 10.2. The van der Waals surface area contributed by atoms with Crippen LogP contribution >= 0.6 is 0 Å². The number of amides is 1. The summed E-state index contributed by atoms with van der Waals surface area (Å²) in [7, 11) is 1.77. The number of alkyl halides is 1. The number of hydrogen-bond acceptors (Lipinski definition) is 4. The number of H-pyrrole nitrogens is 1. The van der Waals surface area contributed by atoms with Gasteiger partial charge in [0.15, 0.2) is 5.82 Å². The Hall–Kier alpha value is -2.81. The Morgan fingerprint density at radius 3 is 2.83 bits per heavy atom. The number of carbonyl (C=O) groups excluding carboxylic acids is 1. The van der Waals surface area contributed by atoms with E-state index in [2.05, 4.69) is 39.4 Å². The van der Waals surface area contributed by atoms with Crippen LogP contribution in [0.25, 0.3) is 22.0 Å². The molecule has 9 heteroatoms. The summed E-state index contributed by atoms with van der Waals surface area (Å²) in [5, 5.41) is 13.8. The molecule has 1 saturated heterocycles. The van der Waals surface area contributed by atoms with E-state index < -0.39 is 23.9 Å².